The van der Waals surface area contributed by atoms with Gasteiger partial charge >= 0.3 is 0 Å². The quantitative estimate of drug-likeness (QED) is 0.344. The van der Waals surface area contributed by atoms with Crippen molar-refractivity contribution in [3.8, 4) is 11.5 Å². The van der Waals surface area contributed by atoms with Crippen LogP contribution in [0.2, 0.25) is 0 Å². The molecule has 9 heteroatoms. The number of hydrogen-bond acceptors (Lipinski definition) is 6. The van der Waals surface area contributed by atoms with Crippen molar-refractivity contribution in [1.29, 1.82) is 0 Å². The number of likely N-dealkylation sites (tertiary alicyclic amines) is 1. The zero-order valence-corrected chi connectivity index (χ0v) is 23.5. The SMILES string of the molecule is CCOc1cc(C=C2SC(=O)N(CC(=O)N3CCCCCC3)C2=O)c(Br)cc1OCc1ccc(C)cc1. The van der Waals surface area contributed by atoms with Crippen LogP contribution in [0, 0.1) is 6.92 Å². The van der Waals surface area contributed by atoms with Crippen molar-refractivity contribution >= 4 is 50.8 Å². The van der Waals surface area contributed by atoms with Gasteiger partial charge in [-0.15, -0.1) is 0 Å². The standard InChI is InChI=1S/C28H31BrN2O5S/c1-3-35-23-14-21(22(29)16-24(23)36-18-20-10-8-19(2)9-11-20)15-25-27(33)31(28(34)37-25)17-26(32)30-12-6-4-5-7-13-30/h8-11,14-16H,3-7,12-13,17-18H2,1-2H3. The summed E-state index contributed by atoms with van der Waals surface area (Å²) in [5, 5.41) is -0.432. The molecular weight excluding hydrogens is 556 g/mol. The Bertz CT molecular complexity index is 1190. The molecule has 196 valence electrons. The van der Waals surface area contributed by atoms with Crippen molar-refractivity contribution in [3.05, 3.63) is 62.5 Å². The second kappa shape index (κ2) is 12.6. The summed E-state index contributed by atoms with van der Waals surface area (Å²) in [7, 11) is 0. The molecule has 2 aromatic carbocycles. The van der Waals surface area contributed by atoms with Crippen LogP contribution in [-0.2, 0) is 16.2 Å². The summed E-state index contributed by atoms with van der Waals surface area (Å²) in [6.45, 7) is 5.88. The molecule has 0 atom stereocenters. The van der Waals surface area contributed by atoms with Gasteiger partial charge in [-0.05, 0) is 67.8 Å². The molecular formula is C28H31BrN2O5S. The van der Waals surface area contributed by atoms with E-state index in [2.05, 4.69) is 15.9 Å². The molecule has 0 N–H and O–H groups in total. The number of ether oxygens (including phenoxy) is 2. The highest BCUT2D eigenvalue weighted by Gasteiger charge is 2.37. The molecule has 2 aliphatic rings. The number of halogens is 1. The van der Waals surface area contributed by atoms with Crippen LogP contribution < -0.4 is 9.47 Å². The zero-order valence-electron chi connectivity index (χ0n) is 21.1. The maximum atomic E-state index is 13.1. The van der Waals surface area contributed by atoms with Gasteiger partial charge in [0.2, 0.25) is 5.91 Å². The smallest absolute Gasteiger partial charge is 0.294 e. The van der Waals surface area contributed by atoms with Crippen LogP contribution in [0.3, 0.4) is 0 Å². The van der Waals surface area contributed by atoms with Gasteiger partial charge in [-0.3, -0.25) is 19.3 Å². The van der Waals surface area contributed by atoms with E-state index in [0.29, 0.717) is 47.8 Å². The van der Waals surface area contributed by atoms with E-state index in [1.807, 2.05) is 38.1 Å². The van der Waals surface area contributed by atoms with Crippen molar-refractivity contribution in [1.82, 2.24) is 9.80 Å². The first-order valence-corrected chi connectivity index (χ1v) is 14.1. The van der Waals surface area contributed by atoms with E-state index in [4.69, 9.17) is 9.47 Å². The molecule has 0 saturated carbocycles. The number of thioether (sulfide) groups is 1. The van der Waals surface area contributed by atoms with E-state index in [9.17, 15) is 14.4 Å². The maximum Gasteiger partial charge on any atom is 0.294 e. The molecule has 2 heterocycles. The van der Waals surface area contributed by atoms with E-state index in [0.717, 1.165) is 47.9 Å². The van der Waals surface area contributed by atoms with Crippen molar-refractivity contribution in [2.75, 3.05) is 26.2 Å². The van der Waals surface area contributed by atoms with Crippen molar-refractivity contribution in [3.63, 3.8) is 0 Å². The van der Waals surface area contributed by atoms with Crippen LogP contribution in [0.4, 0.5) is 4.79 Å². The Morgan fingerprint density at radius 2 is 1.70 bits per heavy atom. The highest BCUT2D eigenvalue weighted by Crippen LogP contribution is 2.38. The Balaban J connectivity index is 1.49. The molecule has 0 unspecified atom stereocenters. The molecule has 0 bridgehead atoms. The predicted octanol–water partition coefficient (Wildman–Crippen LogP) is 6.17. The molecule has 2 fully saturated rings. The van der Waals surface area contributed by atoms with Crippen LogP contribution in [-0.4, -0.2) is 53.1 Å². The molecule has 2 aromatic rings. The van der Waals surface area contributed by atoms with Gasteiger partial charge in [0.15, 0.2) is 11.5 Å². The number of nitrogens with zero attached hydrogens (tertiary/aromatic N) is 2. The van der Waals surface area contributed by atoms with Gasteiger partial charge in [0.05, 0.1) is 11.5 Å². The minimum absolute atomic E-state index is 0.180. The second-order valence-electron chi connectivity index (χ2n) is 9.09. The van der Waals surface area contributed by atoms with Crippen molar-refractivity contribution < 1.29 is 23.9 Å². The third-order valence-corrected chi connectivity index (χ3v) is 7.88. The van der Waals surface area contributed by atoms with Gasteiger partial charge in [-0.2, -0.15) is 0 Å². The van der Waals surface area contributed by atoms with Crippen molar-refractivity contribution in [2.24, 2.45) is 0 Å². The summed E-state index contributed by atoms with van der Waals surface area (Å²) < 4.78 is 12.5. The van der Waals surface area contributed by atoms with E-state index in [1.54, 1.807) is 23.1 Å². The molecule has 4 rings (SSSR count). The molecule has 37 heavy (non-hydrogen) atoms. The van der Waals surface area contributed by atoms with E-state index >= 15 is 0 Å². The molecule has 7 nitrogen and oxygen atoms in total. The topological polar surface area (TPSA) is 76.2 Å². The molecule has 2 saturated heterocycles. The average molecular weight is 588 g/mol. The molecule has 0 spiro atoms. The van der Waals surface area contributed by atoms with E-state index in [-0.39, 0.29) is 17.4 Å². The number of aryl methyl sites for hydroxylation is 1. The lowest BCUT2D eigenvalue weighted by Gasteiger charge is -2.22. The normalized spacial score (nSPS) is 17.3. The molecule has 0 aliphatic carbocycles. The first-order valence-electron chi connectivity index (χ1n) is 12.5. The van der Waals surface area contributed by atoms with Crippen LogP contribution in [0.1, 0.15) is 49.3 Å². The average Bonchev–Trinajstić information content (AvgIpc) is 3.06. The number of rotatable bonds is 8. The third kappa shape index (κ3) is 6.96. The van der Waals surface area contributed by atoms with Gasteiger partial charge in [-0.25, -0.2) is 0 Å². The summed E-state index contributed by atoms with van der Waals surface area (Å²) in [6.07, 6.45) is 5.76. The van der Waals surface area contributed by atoms with Crippen LogP contribution >= 0.6 is 27.7 Å². The summed E-state index contributed by atoms with van der Waals surface area (Å²) in [5.41, 5.74) is 2.90. The molecule has 3 amide bonds. The highest BCUT2D eigenvalue weighted by molar-refractivity contribution is 9.10. The largest absolute Gasteiger partial charge is 0.490 e. The number of imide groups is 1. The Morgan fingerprint density at radius 1 is 1.03 bits per heavy atom. The Kier molecular flexibility index (Phi) is 9.32. The Morgan fingerprint density at radius 3 is 2.38 bits per heavy atom. The van der Waals surface area contributed by atoms with Gasteiger partial charge < -0.3 is 14.4 Å². The minimum atomic E-state index is -0.456. The van der Waals surface area contributed by atoms with E-state index in [1.165, 1.54) is 5.56 Å². The first-order chi connectivity index (χ1) is 17.9. The number of benzene rings is 2. The Labute approximate surface area is 230 Å². The number of carbonyl (C=O) groups is 3. The molecule has 2 aliphatic heterocycles. The first kappa shape index (κ1) is 27.3. The maximum absolute atomic E-state index is 13.1. The van der Waals surface area contributed by atoms with Gasteiger partial charge in [0.1, 0.15) is 13.2 Å². The summed E-state index contributed by atoms with van der Waals surface area (Å²) >= 11 is 4.41. The molecule has 0 radical (unpaired) electrons. The van der Waals surface area contributed by atoms with Crippen LogP contribution in [0.25, 0.3) is 6.08 Å². The van der Waals surface area contributed by atoms with Gasteiger partial charge in [0, 0.05) is 17.6 Å². The Hall–Kier alpha value is -2.78. The number of carbonyl (C=O) groups excluding carboxylic acids is 3. The summed E-state index contributed by atoms with van der Waals surface area (Å²) in [6, 6.07) is 11.7. The van der Waals surface area contributed by atoms with Crippen LogP contribution in [0.5, 0.6) is 11.5 Å². The lowest BCUT2D eigenvalue weighted by Crippen LogP contribution is -2.42. The lowest BCUT2D eigenvalue weighted by molar-refractivity contribution is -0.135. The number of amides is 3. The fraction of sp³-hybridized carbons (Fsp3) is 0.393. The lowest BCUT2D eigenvalue weighted by atomic mass is 10.1. The van der Waals surface area contributed by atoms with Gasteiger partial charge in [0.25, 0.3) is 11.1 Å². The minimum Gasteiger partial charge on any atom is -0.490 e. The predicted molar refractivity (Wildman–Crippen MR) is 149 cm³/mol. The summed E-state index contributed by atoms with van der Waals surface area (Å²) in [4.78, 5) is 41.5. The number of hydrogen-bond donors (Lipinski definition) is 0. The monoisotopic (exact) mass is 586 g/mol. The van der Waals surface area contributed by atoms with Crippen LogP contribution in [0.15, 0.2) is 45.8 Å². The summed E-state index contributed by atoms with van der Waals surface area (Å²) in [5.74, 6) is 0.477. The fourth-order valence-electron chi connectivity index (χ4n) is 4.22. The molecule has 0 aromatic heterocycles. The fourth-order valence-corrected chi connectivity index (χ4v) is 5.49. The zero-order chi connectivity index (χ0) is 26.4. The highest BCUT2D eigenvalue weighted by atomic mass is 79.9. The van der Waals surface area contributed by atoms with Gasteiger partial charge in [-0.1, -0.05) is 58.6 Å². The van der Waals surface area contributed by atoms with Crippen molar-refractivity contribution in [2.45, 2.75) is 46.1 Å². The van der Waals surface area contributed by atoms with E-state index < -0.39 is 11.1 Å². The third-order valence-electron chi connectivity index (χ3n) is 6.29. The second-order valence-corrected chi connectivity index (χ2v) is 10.9.